The summed E-state index contributed by atoms with van der Waals surface area (Å²) in [6, 6.07) is 7.24. The molecule has 0 bridgehead atoms. The average molecular weight is 289 g/mol. The van der Waals surface area contributed by atoms with Crippen molar-refractivity contribution in [2.75, 3.05) is 19.7 Å². The molecule has 1 N–H and O–H groups in total. The largest absolute Gasteiger partial charge is 0.396 e. The van der Waals surface area contributed by atoms with E-state index in [4.69, 9.17) is 0 Å². The molecule has 2 heteroatoms. The maximum atomic E-state index is 9.68. The van der Waals surface area contributed by atoms with Gasteiger partial charge in [-0.25, -0.2) is 0 Å². The lowest BCUT2D eigenvalue weighted by molar-refractivity contribution is 0.126. The van der Waals surface area contributed by atoms with Crippen molar-refractivity contribution >= 4 is 0 Å². The monoisotopic (exact) mass is 289 g/mol. The van der Waals surface area contributed by atoms with Gasteiger partial charge in [0.2, 0.25) is 0 Å². The lowest BCUT2D eigenvalue weighted by Gasteiger charge is -2.33. The summed E-state index contributed by atoms with van der Waals surface area (Å²) in [7, 11) is 0. The number of hydrogen-bond acceptors (Lipinski definition) is 2. The minimum atomic E-state index is 0.165. The van der Waals surface area contributed by atoms with Crippen LogP contribution in [0, 0.1) is 12.8 Å². The summed E-state index contributed by atoms with van der Waals surface area (Å²) in [6.45, 7) is 13.8. The minimum absolute atomic E-state index is 0.165. The van der Waals surface area contributed by atoms with Crippen molar-refractivity contribution in [3.8, 4) is 0 Å². The third kappa shape index (κ3) is 3.67. The van der Waals surface area contributed by atoms with Crippen molar-refractivity contribution in [3.63, 3.8) is 0 Å². The Labute approximate surface area is 130 Å². The van der Waals surface area contributed by atoms with E-state index in [1.807, 2.05) is 0 Å². The second-order valence-corrected chi connectivity index (χ2v) is 7.67. The van der Waals surface area contributed by atoms with Crippen LogP contribution in [-0.2, 0) is 5.41 Å². The van der Waals surface area contributed by atoms with E-state index in [0.717, 1.165) is 13.1 Å². The number of aliphatic hydroxyl groups is 1. The van der Waals surface area contributed by atoms with Gasteiger partial charge in [0.1, 0.15) is 0 Å². The molecule has 2 atom stereocenters. The molecule has 2 unspecified atom stereocenters. The Morgan fingerprint density at radius 1 is 1.19 bits per heavy atom. The lowest BCUT2D eigenvalue weighted by Crippen LogP contribution is -2.32. The van der Waals surface area contributed by atoms with Crippen molar-refractivity contribution in [1.29, 1.82) is 0 Å². The topological polar surface area (TPSA) is 23.5 Å². The summed E-state index contributed by atoms with van der Waals surface area (Å²) < 4.78 is 0. The fourth-order valence-corrected chi connectivity index (χ4v) is 3.65. The summed E-state index contributed by atoms with van der Waals surface area (Å²) in [6.07, 6.45) is 2.57. The van der Waals surface area contributed by atoms with Crippen LogP contribution in [0.1, 0.15) is 63.3 Å². The molecule has 0 aromatic heterocycles. The van der Waals surface area contributed by atoms with Crippen LogP contribution in [0.25, 0.3) is 0 Å². The Kier molecular flexibility index (Phi) is 5.11. The molecule has 1 aromatic carbocycles. The van der Waals surface area contributed by atoms with E-state index in [1.165, 1.54) is 29.5 Å². The summed E-state index contributed by atoms with van der Waals surface area (Å²) in [4.78, 5) is 2.55. The lowest BCUT2D eigenvalue weighted by atomic mass is 9.81. The normalized spacial score (nSPS) is 19.7. The van der Waals surface area contributed by atoms with E-state index < -0.39 is 0 Å². The quantitative estimate of drug-likeness (QED) is 0.903. The van der Waals surface area contributed by atoms with Gasteiger partial charge in [0, 0.05) is 12.6 Å². The molecule has 2 nitrogen and oxygen atoms in total. The SMILES string of the molecule is Cc1ccc(C(C(C)CO)N2CCCC2)cc1C(C)(C)C. The van der Waals surface area contributed by atoms with Crippen LogP contribution in [0.2, 0.25) is 0 Å². The first kappa shape index (κ1) is 16.5. The zero-order valence-electron chi connectivity index (χ0n) is 14.3. The maximum absolute atomic E-state index is 9.68. The first-order valence-electron chi connectivity index (χ1n) is 8.30. The molecule has 0 spiro atoms. The number of aryl methyl sites for hydroxylation is 1. The predicted molar refractivity (Wildman–Crippen MR) is 89.7 cm³/mol. The Bertz CT molecular complexity index is 469. The maximum Gasteiger partial charge on any atom is 0.0474 e. The molecule has 1 heterocycles. The van der Waals surface area contributed by atoms with Crippen molar-refractivity contribution in [3.05, 3.63) is 34.9 Å². The number of benzene rings is 1. The van der Waals surface area contributed by atoms with Crippen LogP contribution in [0.3, 0.4) is 0 Å². The van der Waals surface area contributed by atoms with Crippen LogP contribution < -0.4 is 0 Å². The number of aliphatic hydroxyl groups excluding tert-OH is 1. The number of nitrogens with zero attached hydrogens (tertiary/aromatic N) is 1. The molecule has 0 radical (unpaired) electrons. The first-order chi connectivity index (χ1) is 9.84. The van der Waals surface area contributed by atoms with Gasteiger partial charge in [-0.1, -0.05) is 45.9 Å². The Hall–Kier alpha value is -0.860. The zero-order valence-corrected chi connectivity index (χ0v) is 14.3. The molecule has 0 amide bonds. The van der Waals surface area contributed by atoms with Crippen molar-refractivity contribution < 1.29 is 5.11 Å². The average Bonchev–Trinajstić information content (AvgIpc) is 2.93. The van der Waals surface area contributed by atoms with E-state index in [2.05, 4.69) is 57.7 Å². The number of hydrogen-bond donors (Lipinski definition) is 1. The van der Waals surface area contributed by atoms with E-state index in [9.17, 15) is 5.11 Å². The molecule has 2 rings (SSSR count). The van der Waals surface area contributed by atoms with Crippen molar-refractivity contribution in [2.45, 2.75) is 58.9 Å². The fourth-order valence-electron chi connectivity index (χ4n) is 3.65. The predicted octanol–water partition coefficient (Wildman–Crippen LogP) is 4.06. The Morgan fingerprint density at radius 3 is 2.33 bits per heavy atom. The molecule has 1 aliphatic rings. The number of rotatable bonds is 4. The molecule has 1 saturated heterocycles. The van der Waals surface area contributed by atoms with Gasteiger partial charge in [-0.2, -0.15) is 0 Å². The summed E-state index contributed by atoms with van der Waals surface area (Å²) in [5.41, 5.74) is 4.32. The van der Waals surface area contributed by atoms with Gasteiger partial charge in [0.25, 0.3) is 0 Å². The van der Waals surface area contributed by atoms with E-state index in [0.29, 0.717) is 6.04 Å². The molecule has 0 aliphatic carbocycles. The summed E-state index contributed by atoms with van der Waals surface area (Å²) in [5.74, 6) is 0.277. The standard InChI is InChI=1S/C19H31NO/c1-14-8-9-16(12-17(14)19(3,4)5)18(15(2)13-21)20-10-6-7-11-20/h8-9,12,15,18,21H,6-7,10-11,13H2,1-5H3. The van der Waals surface area contributed by atoms with Crippen LogP contribution in [0.5, 0.6) is 0 Å². The summed E-state index contributed by atoms with van der Waals surface area (Å²) >= 11 is 0. The molecule has 118 valence electrons. The van der Waals surface area contributed by atoms with Gasteiger partial charge in [0.15, 0.2) is 0 Å². The van der Waals surface area contributed by atoms with Crippen LogP contribution in [0.4, 0.5) is 0 Å². The summed E-state index contributed by atoms with van der Waals surface area (Å²) in [5, 5.41) is 9.68. The van der Waals surface area contributed by atoms with Crippen LogP contribution in [-0.4, -0.2) is 29.7 Å². The zero-order chi connectivity index (χ0) is 15.6. The van der Waals surface area contributed by atoms with Gasteiger partial charge in [0.05, 0.1) is 0 Å². The highest BCUT2D eigenvalue weighted by atomic mass is 16.3. The molecule has 0 saturated carbocycles. The minimum Gasteiger partial charge on any atom is -0.396 e. The second-order valence-electron chi connectivity index (χ2n) is 7.67. The van der Waals surface area contributed by atoms with E-state index in [1.54, 1.807) is 0 Å². The van der Waals surface area contributed by atoms with Crippen molar-refractivity contribution in [2.24, 2.45) is 5.92 Å². The van der Waals surface area contributed by atoms with Gasteiger partial charge < -0.3 is 5.11 Å². The molecular weight excluding hydrogens is 258 g/mol. The Morgan fingerprint density at radius 2 is 1.81 bits per heavy atom. The van der Waals surface area contributed by atoms with Gasteiger partial charge in [-0.05, 0) is 60.9 Å². The molecule has 1 aliphatic heterocycles. The first-order valence-corrected chi connectivity index (χ1v) is 8.30. The Balaban J connectivity index is 2.40. The molecule has 1 aromatic rings. The van der Waals surface area contributed by atoms with Gasteiger partial charge in [-0.15, -0.1) is 0 Å². The van der Waals surface area contributed by atoms with E-state index >= 15 is 0 Å². The van der Waals surface area contributed by atoms with Gasteiger partial charge in [-0.3, -0.25) is 4.90 Å². The number of likely N-dealkylation sites (tertiary alicyclic amines) is 1. The van der Waals surface area contributed by atoms with Crippen LogP contribution in [0.15, 0.2) is 18.2 Å². The highest BCUT2D eigenvalue weighted by Crippen LogP contribution is 2.35. The third-order valence-electron chi connectivity index (χ3n) is 4.77. The van der Waals surface area contributed by atoms with Crippen molar-refractivity contribution in [1.82, 2.24) is 4.90 Å². The fraction of sp³-hybridized carbons (Fsp3) is 0.684. The third-order valence-corrected chi connectivity index (χ3v) is 4.77. The molecule has 1 fully saturated rings. The highest BCUT2D eigenvalue weighted by molar-refractivity contribution is 5.37. The van der Waals surface area contributed by atoms with Gasteiger partial charge >= 0.3 is 0 Å². The van der Waals surface area contributed by atoms with Crippen LogP contribution >= 0.6 is 0 Å². The smallest absolute Gasteiger partial charge is 0.0474 e. The molecular formula is C19H31NO. The second kappa shape index (κ2) is 6.50. The molecule has 21 heavy (non-hydrogen) atoms. The van der Waals surface area contributed by atoms with E-state index in [-0.39, 0.29) is 17.9 Å². The highest BCUT2D eigenvalue weighted by Gasteiger charge is 2.29.